The average Bonchev–Trinajstić information content (AvgIpc) is 2.76. The Morgan fingerprint density at radius 1 is 1.50 bits per heavy atom. The molecule has 2 unspecified atom stereocenters. The highest BCUT2D eigenvalue weighted by atomic mass is 19.1. The number of amides is 1. The molecule has 1 amide bonds. The van der Waals surface area contributed by atoms with E-state index in [-0.39, 0.29) is 29.7 Å². The van der Waals surface area contributed by atoms with E-state index in [1.165, 1.54) is 12.1 Å². The zero-order valence-electron chi connectivity index (χ0n) is 10.3. The van der Waals surface area contributed by atoms with Crippen molar-refractivity contribution in [3.05, 3.63) is 47.8 Å². The maximum absolute atomic E-state index is 13.1. The second kappa shape index (κ2) is 5.31. The molecule has 2 rings (SSSR count). The maximum atomic E-state index is 13.1. The number of carbonyl (C=O) groups excluding carboxylic acids is 1. The zero-order valence-corrected chi connectivity index (χ0v) is 10.3. The normalized spacial score (nSPS) is 23.9. The minimum absolute atomic E-state index is 0.0368. The van der Waals surface area contributed by atoms with Crippen LogP contribution in [0.1, 0.15) is 24.9 Å². The van der Waals surface area contributed by atoms with E-state index < -0.39 is 0 Å². The van der Waals surface area contributed by atoms with E-state index >= 15 is 0 Å². The van der Waals surface area contributed by atoms with Crippen molar-refractivity contribution in [2.75, 3.05) is 0 Å². The molecule has 0 aliphatic heterocycles. The van der Waals surface area contributed by atoms with E-state index in [9.17, 15) is 9.18 Å². The van der Waals surface area contributed by atoms with Crippen molar-refractivity contribution in [2.24, 2.45) is 11.7 Å². The Kier molecular flexibility index (Phi) is 3.77. The van der Waals surface area contributed by atoms with E-state index in [0.29, 0.717) is 6.42 Å². The fraction of sp³-hybridized carbons (Fsp3) is 0.357. The summed E-state index contributed by atoms with van der Waals surface area (Å²) >= 11 is 0. The van der Waals surface area contributed by atoms with E-state index in [1.54, 1.807) is 12.1 Å². The fourth-order valence-corrected chi connectivity index (χ4v) is 2.10. The third kappa shape index (κ3) is 2.96. The van der Waals surface area contributed by atoms with E-state index in [4.69, 9.17) is 5.73 Å². The summed E-state index contributed by atoms with van der Waals surface area (Å²) in [5.74, 6) is -0.525. The van der Waals surface area contributed by atoms with Crippen LogP contribution in [0.25, 0.3) is 0 Å². The fourth-order valence-electron chi connectivity index (χ4n) is 2.10. The van der Waals surface area contributed by atoms with Gasteiger partial charge in [0.25, 0.3) is 0 Å². The van der Waals surface area contributed by atoms with Gasteiger partial charge in [0.05, 0.1) is 12.0 Å². The number of carbonyl (C=O) groups is 1. The molecular weight excluding hydrogens is 231 g/mol. The lowest BCUT2D eigenvalue weighted by Gasteiger charge is -2.17. The molecule has 3 atom stereocenters. The van der Waals surface area contributed by atoms with Crippen LogP contribution in [0.15, 0.2) is 36.4 Å². The topological polar surface area (TPSA) is 55.1 Å². The number of halogens is 1. The standard InChI is InChI=1S/C14H17FN2O/c1-9(10-3-2-4-12(15)7-10)17-14(18)11-5-6-13(16)8-11/h2-7,9,11,13H,8,16H2,1H3,(H,17,18)/t9-,11?,13?/m1/s1. The van der Waals surface area contributed by atoms with Crippen LogP contribution in [0.5, 0.6) is 0 Å². The van der Waals surface area contributed by atoms with Crippen molar-refractivity contribution in [3.8, 4) is 0 Å². The summed E-state index contributed by atoms with van der Waals surface area (Å²) in [4.78, 5) is 11.9. The largest absolute Gasteiger partial charge is 0.349 e. The average molecular weight is 248 g/mol. The molecule has 0 aromatic heterocycles. The minimum atomic E-state index is -0.295. The second-order valence-corrected chi connectivity index (χ2v) is 4.68. The van der Waals surface area contributed by atoms with Crippen molar-refractivity contribution in [1.29, 1.82) is 0 Å². The molecule has 96 valence electrons. The molecule has 1 aliphatic rings. The van der Waals surface area contributed by atoms with Crippen molar-refractivity contribution < 1.29 is 9.18 Å². The molecule has 0 radical (unpaired) electrons. The van der Waals surface area contributed by atoms with Crippen LogP contribution in [-0.2, 0) is 4.79 Å². The van der Waals surface area contributed by atoms with Crippen LogP contribution >= 0.6 is 0 Å². The summed E-state index contributed by atoms with van der Waals surface area (Å²) in [6.07, 6.45) is 4.32. The van der Waals surface area contributed by atoms with Crippen molar-refractivity contribution in [3.63, 3.8) is 0 Å². The molecule has 0 fully saturated rings. The van der Waals surface area contributed by atoms with Crippen molar-refractivity contribution >= 4 is 5.91 Å². The predicted octanol–water partition coefficient (Wildman–Crippen LogP) is 1.91. The smallest absolute Gasteiger partial charge is 0.227 e. The lowest BCUT2D eigenvalue weighted by molar-refractivity contribution is -0.124. The summed E-state index contributed by atoms with van der Waals surface area (Å²) < 4.78 is 13.1. The first-order valence-corrected chi connectivity index (χ1v) is 6.06. The number of nitrogens with one attached hydrogen (secondary N) is 1. The molecule has 0 spiro atoms. The first-order chi connectivity index (χ1) is 8.56. The molecule has 1 aliphatic carbocycles. The molecular formula is C14H17FN2O. The van der Waals surface area contributed by atoms with Crippen LogP contribution in [0, 0.1) is 11.7 Å². The summed E-state index contributed by atoms with van der Waals surface area (Å²) in [7, 11) is 0. The lowest BCUT2D eigenvalue weighted by Crippen LogP contribution is -2.32. The van der Waals surface area contributed by atoms with Gasteiger partial charge in [0.15, 0.2) is 0 Å². The Morgan fingerprint density at radius 3 is 2.89 bits per heavy atom. The Bertz CT molecular complexity index is 473. The molecule has 0 saturated carbocycles. The van der Waals surface area contributed by atoms with Gasteiger partial charge in [-0.1, -0.05) is 24.3 Å². The second-order valence-electron chi connectivity index (χ2n) is 4.68. The molecule has 18 heavy (non-hydrogen) atoms. The van der Waals surface area contributed by atoms with Gasteiger partial charge >= 0.3 is 0 Å². The molecule has 3 nitrogen and oxygen atoms in total. The Hall–Kier alpha value is -1.68. The van der Waals surface area contributed by atoms with E-state index in [2.05, 4.69) is 5.32 Å². The number of nitrogens with two attached hydrogens (primary N) is 1. The third-order valence-corrected chi connectivity index (χ3v) is 3.16. The molecule has 0 saturated heterocycles. The van der Waals surface area contributed by atoms with Gasteiger partial charge in [-0.05, 0) is 31.0 Å². The van der Waals surface area contributed by atoms with Crippen molar-refractivity contribution in [1.82, 2.24) is 5.32 Å². The minimum Gasteiger partial charge on any atom is -0.349 e. The first-order valence-electron chi connectivity index (χ1n) is 6.06. The maximum Gasteiger partial charge on any atom is 0.227 e. The molecule has 1 aromatic carbocycles. The Morgan fingerprint density at radius 2 is 2.28 bits per heavy atom. The van der Waals surface area contributed by atoms with Gasteiger partial charge in [0, 0.05) is 6.04 Å². The molecule has 4 heteroatoms. The van der Waals surface area contributed by atoms with Crippen LogP contribution in [0.2, 0.25) is 0 Å². The van der Waals surface area contributed by atoms with Gasteiger partial charge in [-0.15, -0.1) is 0 Å². The van der Waals surface area contributed by atoms with Gasteiger partial charge in [-0.3, -0.25) is 4.79 Å². The molecule has 1 aromatic rings. The van der Waals surface area contributed by atoms with Crippen molar-refractivity contribution in [2.45, 2.75) is 25.4 Å². The SMILES string of the molecule is C[C@@H](NC(=O)C1C=CC(N)C1)c1cccc(F)c1. The lowest BCUT2D eigenvalue weighted by atomic mass is 10.0. The quantitative estimate of drug-likeness (QED) is 0.803. The third-order valence-electron chi connectivity index (χ3n) is 3.16. The molecule has 0 bridgehead atoms. The molecule has 0 heterocycles. The predicted molar refractivity (Wildman–Crippen MR) is 68.2 cm³/mol. The van der Waals surface area contributed by atoms with Crippen LogP contribution in [0.3, 0.4) is 0 Å². The highest BCUT2D eigenvalue weighted by Gasteiger charge is 2.23. The van der Waals surface area contributed by atoms with Gasteiger partial charge in [0.1, 0.15) is 5.82 Å². The van der Waals surface area contributed by atoms with Gasteiger partial charge in [-0.2, -0.15) is 0 Å². The summed E-state index contributed by atoms with van der Waals surface area (Å²) in [5.41, 5.74) is 6.47. The highest BCUT2D eigenvalue weighted by Crippen LogP contribution is 2.19. The Balaban J connectivity index is 1.97. The summed E-state index contributed by atoms with van der Waals surface area (Å²) in [5, 5.41) is 2.87. The number of hydrogen-bond donors (Lipinski definition) is 2. The number of hydrogen-bond acceptors (Lipinski definition) is 2. The summed E-state index contributed by atoms with van der Waals surface area (Å²) in [6, 6.07) is 6.00. The van der Waals surface area contributed by atoms with Gasteiger partial charge < -0.3 is 11.1 Å². The summed E-state index contributed by atoms with van der Waals surface area (Å²) in [6.45, 7) is 1.84. The van der Waals surface area contributed by atoms with E-state index in [1.807, 2.05) is 19.1 Å². The number of rotatable bonds is 3. The zero-order chi connectivity index (χ0) is 13.1. The highest BCUT2D eigenvalue weighted by molar-refractivity contribution is 5.81. The monoisotopic (exact) mass is 248 g/mol. The van der Waals surface area contributed by atoms with Crippen LogP contribution < -0.4 is 11.1 Å². The van der Waals surface area contributed by atoms with Gasteiger partial charge in [0.2, 0.25) is 5.91 Å². The molecule has 3 N–H and O–H groups in total. The number of benzene rings is 1. The Labute approximate surface area is 106 Å². The van der Waals surface area contributed by atoms with Crippen LogP contribution in [0.4, 0.5) is 4.39 Å². The first kappa shape index (κ1) is 12.8. The van der Waals surface area contributed by atoms with Crippen LogP contribution in [-0.4, -0.2) is 11.9 Å². The van der Waals surface area contributed by atoms with Gasteiger partial charge in [-0.25, -0.2) is 4.39 Å². The van der Waals surface area contributed by atoms with E-state index in [0.717, 1.165) is 5.56 Å².